The summed E-state index contributed by atoms with van der Waals surface area (Å²) in [6, 6.07) is 9.31. The van der Waals surface area contributed by atoms with Crippen LogP contribution in [-0.2, 0) is 64.0 Å². The van der Waals surface area contributed by atoms with Crippen LogP contribution >= 0.6 is 0 Å². The molecule has 0 spiro atoms. The van der Waals surface area contributed by atoms with E-state index in [1.807, 2.05) is 32.0 Å². The van der Waals surface area contributed by atoms with Crippen molar-refractivity contribution < 1.29 is 102 Å². The largest absolute Gasteiger partial charge is 0.485 e. The van der Waals surface area contributed by atoms with E-state index in [1.165, 1.54) is 32.4 Å². The van der Waals surface area contributed by atoms with Gasteiger partial charge in [0.25, 0.3) is 11.8 Å². The fourth-order valence-electron chi connectivity index (χ4n) is 13.3. The third-order valence-corrected chi connectivity index (χ3v) is 19.2. The van der Waals surface area contributed by atoms with Gasteiger partial charge in [-0.05, 0) is 80.5 Å². The molecule has 0 radical (unpaired) electrons. The van der Waals surface area contributed by atoms with Gasteiger partial charge in [0, 0.05) is 103 Å². The number of Topliss-reactive ketones (excluding diaryl/α,β-unsaturated/α-hetero) is 2. The second-order valence-electron chi connectivity index (χ2n) is 28.1. The summed E-state index contributed by atoms with van der Waals surface area (Å²) in [5.41, 5.74) is -0.147. The molecule has 0 bridgehead atoms. The molecule has 3 aliphatic rings. The number of likely N-dealkylation sites (N-methyl/N-ethyl adjacent to an activating group) is 2. The molecule has 28 heteroatoms. The van der Waals surface area contributed by atoms with Crippen LogP contribution in [0.3, 0.4) is 0 Å². The number of anilines is 1. The van der Waals surface area contributed by atoms with E-state index in [1.54, 1.807) is 91.3 Å². The number of aliphatic carboxylic acids is 1. The minimum Gasteiger partial charge on any atom is -0.485 e. The van der Waals surface area contributed by atoms with Crippen LogP contribution in [0.5, 0.6) is 5.75 Å². The molecule has 99 heavy (non-hydrogen) atoms. The van der Waals surface area contributed by atoms with E-state index in [-0.39, 0.29) is 66.4 Å². The molecule has 2 aromatic rings. The average molecular weight is 1390 g/mol. The number of nitrogens with one attached hydrogen (secondary N) is 3. The molecule has 1 saturated carbocycles. The third-order valence-electron chi connectivity index (χ3n) is 19.2. The number of likely N-dealkylation sites (tertiary alicyclic amines) is 1. The molecule has 28 nitrogen and oxygen atoms in total. The van der Waals surface area contributed by atoms with Crippen molar-refractivity contribution >= 4 is 70.9 Å². The monoisotopic (exact) mass is 1390 g/mol. The van der Waals surface area contributed by atoms with Crippen LogP contribution in [0.1, 0.15) is 145 Å². The molecule has 16 atom stereocenters. The van der Waals surface area contributed by atoms with Crippen molar-refractivity contribution in [2.45, 2.75) is 201 Å². The Balaban J connectivity index is 1.29. The first-order valence-electron chi connectivity index (χ1n) is 34.0. The van der Waals surface area contributed by atoms with Crippen molar-refractivity contribution in [3.63, 3.8) is 0 Å². The van der Waals surface area contributed by atoms with Crippen molar-refractivity contribution in [3.05, 3.63) is 71.8 Å². The summed E-state index contributed by atoms with van der Waals surface area (Å²) in [4.78, 5) is 154. The van der Waals surface area contributed by atoms with Gasteiger partial charge in [0.05, 0.1) is 55.0 Å². The Bertz CT molecular complexity index is 3160. The Hall–Kier alpha value is -7.89. The van der Waals surface area contributed by atoms with Gasteiger partial charge in [-0.15, -0.1) is 0 Å². The number of hydrogen-bond donors (Lipinski definition) is 9. The van der Waals surface area contributed by atoms with Crippen molar-refractivity contribution in [1.82, 2.24) is 30.2 Å². The predicted octanol–water partition coefficient (Wildman–Crippen LogP) is 4.55. The minimum absolute atomic E-state index is 0.0688. The zero-order chi connectivity index (χ0) is 74.1. The lowest BCUT2D eigenvalue weighted by molar-refractivity contribution is -0.174. The number of ether oxygens (including phenoxy) is 4. The highest BCUT2D eigenvalue weighted by Gasteiger charge is 2.48. The van der Waals surface area contributed by atoms with E-state index in [0.29, 0.717) is 36.3 Å². The maximum Gasteiger partial charge on any atom is 0.410 e. The number of carbonyl (C=O) groups excluding carboxylic acids is 10. The number of carboxylic acid groups (broad SMARTS) is 1. The first-order chi connectivity index (χ1) is 46.5. The van der Waals surface area contributed by atoms with E-state index < -0.39 is 188 Å². The van der Waals surface area contributed by atoms with Crippen LogP contribution in [0.2, 0.25) is 0 Å². The molecule has 2 aromatic carbocycles. The van der Waals surface area contributed by atoms with Crippen LogP contribution < -0.4 is 20.7 Å². The molecule has 550 valence electrons. The van der Waals surface area contributed by atoms with Crippen LogP contribution in [0.4, 0.5) is 15.3 Å². The lowest BCUT2D eigenvalue weighted by atomic mass is 9.80. The lowest BCUT2D eigenvalue weighted by Crippen LogP contribution is -2.57. The molecular formula is C71H105N7O21. The normalized spacial score (nSPS) is 21.7. The summed E-state index contributed by atoms with van der Waals surface area (Å²) in [5, 5.41) is 71.1. The first-order valence-corrected chi connectivity index (χ1v) is 34.0. The minimum atomic E-state index is -1.95. The molecule has 1 unspecified atom stereocenters. The third kappa shape index (κ3) is 21.8. The van der Waals surface area contributed by atoms with Gasteiger partial charge in [-0.2, -0.15) is 0 Å². The Labute approximate surface area is 579 Å². The van der Waals surface area contributed by atoms with Crippen LogP contribution in [0, 0.1) is 47.3 Å². The number of carboxylic acids is 1. The van der Waals surface area contributed by atoms with Gasteiger partial charge >= 0.3 is 18.2 Å². The Morgan fingerprint density at radius 1 is 0.788 bits per heavy atom. The van der Waals surface area contributed by atoms with Crippen LogP contribution in [0.25, 0.3) is 0 Å². The molecular weight excluding hydrogens is 1290 g/mol. The van der Waals surface area contributed by atoms with Crippen molar-refractivity contribution in [2.24, 2.45) is 47.3 Å². The summed E-state index contributed by atoms with van der Waals surface area (Å²) in [6.45, 7) is 17.9. The SMILES string of the molecule is CC[C@H](C)[C@@H]([C@@H](CC(=O)N1CCC[C@H]1[C@H](CO)[C@@H](C)C(=O)C[C@H](C)[C@@H](O)c1ccccc1)OC)N(C)C(=O)C(CC(=O)[C@H](C(C)C)N(C)C(=O)OCc1ccc(O[C@@H]2C[C@H](C(=O)O)[C@@H](O)[C@H](O)[C@H]2O)c(NC(=O)CCNC(=O)[C@H](CNC(=O)OC(C)(C)C)N2C(=O)C=CC2=O)c1)C(C)C. The molecule has 9 N–H and O–H groups in total. The van der Waals surface area contributed by atoms with Crippen molar-refractivity contribution in [2.75, 3.05) is 52.8 Å². The van der Waals surface area contributed by atoms with E-state index in [2.05, 4.69) is 16.0 Å². The van der Waals surface area contributed by atoms with Crippen LogP contribution in [-0.4, -0.2) is 223 Å². The summed E-state index contributed by atoms with van der Waals surface area (Å²) in [6.07, 6.45) is -8.28. The second-order valence-corrected chi connectivity index (χ2v) is 28.1. The number of carbonyl (C=O) groups is 11. The molecule has 0 aromatic heterocycles. The van der Waals surface area contributed by atoms with Gasteiger partial charge in [0.15, 0.2) is 5.78 Å². The zero-order valence-electron chi connectivity index (χ0n) is 59.5. The maximum absolute atomic E-state index is 15.0. The molecule has 8 amide bonds. The van der Waals surface area contributed by atoms with Gasteiger partial charge in [0.2, 0.25) is 23.6 Å². The highest BCUT2D eigenvalue weighted by atomic mass is 16.6. The van der Waals surface area contributed by atoms with E-state index in [9.17, 15) is 83.4 Å². The number of hydrogen-bond acceptors (Lipinski definition) is 20. The number of ketones is 2. The topological polar surface area (TPSA) is 395 Å². The highest BCUT2D eigenvalue weighted by Crippen LogP contribution is 2.37. The number of benzene rings is 2. The van der Waals surface area contributed by atoms with Gasteiger partial charge in [-0.25, -0.2) is 9.59 Å². The maximum atomic E-state index is 15.0. The number of alkyl carbamates (subject to hydrolysis) is 1. The van der Waals surface area contributed by atoms with Crippen LogP contribution in [0.15, 0.2) is 60.7 Å². The van der Waals surface area contributed by atoms with E-state index in [4.69, 9.17) is 18.9 Å². The molecule has 2 aliphatic heterocycles. The molecule has 1 aliphatic carbocycles. The fraction of sp³-hybridized carbons (Fsp3) is 0.648. The number of imide groups is 1. The number of rotatable bonds is 35. The van der Waals surface area contributed by atoms with Gasteiger partial charge < -0.3 is 80.2 Å². The average Bonchev–Trinajstić information content (AvgIpc) is 1.71. The summed E-state index contributed by atoms with van der Waals surface area (Å²) in [7, 11) is 4.47. The number of aliphatic hydroxyl groups is 5. The van der Waals surface area contributed by atoms with Gasteiger partial charge in [-0.3, -0.25) is 48.1 Å². The standard InChI is InChI=1S/C71H105N7O21/c1-15-40(6)61(54(96-14)34-59(85)77-29-19-22-49(77)47(36-79)42(8)51(80)30-41(7)62(86)44-20-17-16-18-21-44)75(12)67(91)45(38(2)3)32-52(81)60(39(4)5)76(13)70(95)97-37-43-23-24-53(98-55-33-46(68(92)93)63(87)65(89)64(55)88)48(31-43)74-56(82)27-28-72-66(90)50(78-57(83)25-26-58(78)84)35-73-69(94)99-71(9,10)11/h16-18,20-21,23-26,31,38-42,45-47,49-50,54-55,60-65,79,86-89H,15,19,22,27-30,32-37H2,1-14H3,(H,72,90)(H,73,94)(H,74,82)(H,92,93)/t40-,41-,42+,45?,46-,47+,49-,50-,54+,55+,60-,61-,62+,63+,64-,65-/m0/s1. The number of methoxy groups -OCH3 is 1. The van der Waals surface area contributed by atoms with Crippen molar-refractivity contribution in [3.8, 4) is 5.75 Å². The quantitative estimate of drug-likeness (QED) is 0.0427. The summed E-state index contributed by atoms with van der Waals surface area (Å²) >= 11 is 0. The van der Waals surface area contributed by atoms with Crippen molar-refractivity contribution in [1.29, 1.82) is 0 Å². The zero-order valence-corrected chi connectivity index (χ0v) is 59.5. The number of amides is 8. The number of nitrogens with zero attached hydrogens (tertiary/aromatic N) is 4. The van der Waals surface area contributed by atoms with E-state index in [0.717, 1.165) is 17.1 Å². The molecule has 1 saturated heterocycles. The smallest absolute Gasteiger partial charge is 0.410 e. The highest BCUT2D eigenvalue weighted by molar-refractivity contribution is 6.15. The summed E-state index contributed by atoms with van der Waals surface area (Å²) < 4.78 is 23.1. The lowest BCUT2D eigenvalue weighted by Gasteiger charge is -2.41. The molecule has 2 heterocycles. The predicted molar refractivity (Wildman–Crippen MR) is 361 cm³/mol. The van der Waals surface area contributed by atoms with E-state index >= 15 is 0 Å². The molecule has 5 rings (SSSR count). The van der Waals surface area contributed by atoms with Gasteiger partial charge in [-0.1, -0.05) is 98.2 Å². The Morgan fingerprint density at radius 2 is 1.43 bits per heavy atom. The second kappa shape index (κ2) is 37.0. The Kier molecular flexibility index (Phi) is 30.5. The fourth-order valence-corrected chi connectivity index (χ4v) is 13.3. The van der Waals surface area contributed by atoms with Gasteiger partial charge in [0.1, 0.15) is 48.1 Å². The Morgan fingerprint density at radius 3 is 2.01 bits per heavy atom. The summed E-state index contributed by atoms with van der Waals surface area (Å²) in [5.74, 6) is -11.5. The molecule has 2 fully saturated rings. The number of aliphatic hydroxyl groups excluding tert-OH is 5. The first kappa shape index (κ1) is 81.8.